The largest absolute Gasteiger partial charge is 0.325 e. The van der Waals surface area contributed by atoms with Crippen LogP contribution in [-0.4, -0.2) is 11.7 Å². The van der Waals surface area contributed by atoms with E-state index < -0.39 is 0 Å². The van der Waals surface area contributed by atoms with Gasteiger partial charge in [-0.05, 0) is 42.3 Å². The van der Waals surface area contributed by atoms with Crippen molar-refractivity contribution in [2.24, 2.45) is 0 Å². The third-order valence-electron chi connectivity index (χ3n) is 2.87. The van der Waals surface area contributed by atoms with Crippen LogP contribution in [0.15, 0.2) is 42.5 Å². The Balaban J connectivity index is 1.79. The molecule has 0 bridgehead atoms. The molecule has 2 nitrogen and oxygen atoms in total. The number of carbonyl (C=O) groups is 1. The molecule has 0 aliphatic carbocycles. The first kappa shape index (κ1) is 16.2. The van der Waals surface area contributed by atoms with Crippen LogP contribution in [0.5, 0.6) is 0 Å². The average molecular weight is 340 g/mol. The summed E-state index contributed by atoms with van der Waals surface area (Å²) < 4.78 is 0. The Morgan fingerprint density at radius 2 is 1.86 bits per heavy atom. The van der Waals surface area contributed by atoms with Crippen molar-refractivity contribution in [1.29, 1.82) is 0 Å². The predicted octanol–water partition coefficient (Wildman–Crippen LogP) is 5.17. The number of amides is 1. The van der Waals surface area contributed by atoms with Crippen molar-refractivity contribution < 1.29 is 4.79 Å². The molecule has 0 spiro atoms. The van der Waals surface area contributed by atoms with Crippen LogP contribution in [-0.2, 0) is 10.5 Å². The van der Waals surface area contributed by atoms with Crippen molar-refractivity contribution in [1.82, 2.24) is 0 Å². The van der Waals surface area contributed by atoms with Gasteiger partial charge >= 0.3 is 0 Å². The zero-order chi connectivity index (χ0) is 15.2. The molecule has 2 rings (SSSR count). The van der Waals surface area contributed by atoms with Gasteiger partial charge < -0.3 is 5.32 Å². The van der Waals surface area contributed by atoms with E-state index in [4.69, 9.17) is 23.2 Å². The summed E-state index contributed by atoms with van der Waals surface area (Å²) in [5.74, 6) is 1.14. The van der Waals surface area contributed by atoms with Gasteiger partial charge in [0.15, 0.2) is 0 Å². The predicted molar refractivity (Wildman–Crippen MR) is 92.4 cm³/mol. The van der Waals surface area contributed by atoms with Crippen molar-refractivity contribution in [2.45, 2.75) is 12.7 Å². The minimum Gasteiger partial charge on any atom is -0.325 e. The van der Waals surface area contributed by atoms with Gasteiger partial charge in [-0.15, -0.1) is 11.8 Å². The molecule has 1 N–H and O–H groups in total. The number of anilines is 1. The van der Waals surface area contributed by atoms with Crippen LogP contribution in [0.2, 0.25) is 10.0 Å². The van der Waals surface area contributed by atoms with Crippen LogP contribution in [0.3, 0.4) is 0 Å². The van der Waals surface area contributed by atoms with E-state index in [1.54, 1.807) is 17.8 Å². The second kappa shape index (κ2) is 7.74. The highest BCUT2D eigenvalue weighted by Crippen LogP contribution is 2.20. The number of aryl methyl sites for hydroxylation is 1. The molecule has 0 saturated heterocycles. The van der Waals surface area contributed by atoms with Crippen LogP contribution >= 0.6 is 35.0 Å². The standard InChI is InChI=1S/C16H15Cl2NOS/c1-11-2-7-14(8-15(11)18)19-16(20)10-21-9-12-3-5-13(17)6-4-12/h2-8H,9-10H2,1H3,(H,19,20). The fraction of sp³-hybridized carbons (Fsp3) is 0.188. The van der Waals surface area contributed by atoms with Gasteiger partial charge in [0.25, 0.3) is 0 Å². The smallest absolute Gasteiger partial charge is 0.234 e. The van der Waals surface area contributed by atoms with E-state index in [-0.39, 0.29) is 5.91 Å². The summed E-state index contributed by atoms with van der Waals surface area (Å²) in [6, 6.07) is 13.1. The third kappa shape index (κ3) is 5.27. The molecule has 0 aliphatic rings. The summed E-state index contributed by atoms with van der Waals surface area (Å²) >= 11 is 13.4. The monoisotopic (exact) mass is 339 g/mol. The number of hydrogen-bond donors (Lipinski definition) is 1. The maximum atomic E-state index is 11.9. The van der Waals surface area contributed by atoms with Crippen molar-refractivity contribution in [3.63, 3.8) is 0 Å². The summed E-state index contributed by atoms with van der Waals surface area (Å²) in [7, 11) is 0. The van der Waals surface area contributed by atoms with Gasteiger partial charge in [-0.1, -0.05) is 41.4 Å². The quantitative estimate of drug-likeness (QED) is 0.813. The topological polar surface area (TPSA) is 29.1 Å². The van der Waals surface area contributed by atoms with E-state index in [0.717, 1.165) is 27.6 Å². The Labute approximate surface area is 138 Å². The maximum absolute atomic E-state index is 11.9. The third-order valence-corrected chi connectivity index (χ3v) is 4.53. The molecular formula is C16H15Cl2NOS. The van der Waals surface area contributed by atoms with Crippen LogP contribution in [0.25, 0.3) is 0 Å². The SMILES string of the molecule is Cc1ccc(NC(=O)CSCc2ccc(Cl)cc2)cc1Cl. The fourth-order valence-electron chi connectivity index (χ4n) is 1.71. The molecule has 110 valence electrons. The van der Waals surface area contributed by atoms with E-state index in [9.17, 15) is 4.79 Å². The van der Waals surface area contributed by atoms with Crippen LogP contribution in [0.4, 0.5) is 5.69 Å². The molecule has 0 aliphatic heterocycles. The first-order valence-corrected chi connectivity index (χ1v) is 8.34. The molecule has 0 heterocycles. The Hall–Kier alpha value is -1.16. The van der Waals surface area contributed by atoms with Crippen molar-refractivity contribution in [3.8, 4) is 0 Å². The number of rotatable bonds is 5. The van der Waals surface area contributed by atoms with Gasteiger partial charge in [0.05, 0.1) is 5.75 Å². The molecule has 0 fully saturated rings. The second-order valence-electron chi connectivity index (χ2n) is 4.63. The van der Waals surface area contributed by atoms with E-state index >= 15 is 0 Å². The Kier molecular flexibility index (Phi) is 5.97. The van der Waals surface area contributed by atoms with Crippen LogP contribution in [0.1, 0.15) is 11.1 Å². The number of thioether (sulfide) groups is 1. The molecule has 21 heavy (non-hydrogen) atoms. The minimum atomic E-state index is -0.0334. The second-order valence-corrected chi connectivity index (χ2v) is 6.46. The summed E-state index contributed by atoms with van der Waals surface area (Å²) in [5, 5.41) is 4.21. The zero-order valence-corrected chi connectivity index (χ0v) is 13.9. The number of halogens is 2. The lowest BCUT2D eigenvalue weighted by atomic mass is 10.2. The molecule has 1 amide bonds. The molecule has 0 aromatic heterocycles. The van der Waals surface area contributed by atoms with Gasteiger partial charge in [-0.2, -0.15) is 0 Å². The summed E-state index contributed by atoms with van der Waals surface area (Å²) in [5.41, 5.74) is 2.87. The van der Waals surface area contributed by atoms with Crippen molar-refractivity contribution in [3.05, 3.63) is 63.6 Å². The number of hydrogen-bond acceptors (Lipinski definition) is 2. The van der Waals surface area contributed by atoms with E-state index in [0.29, 0.717) is 10.8 Å². The van der Waals surface area contributed by atoms with Gasteiger partial charge in [0.1, 0.15) is 0 Å². The highest BCUT2D eigenvalue weighted by molar-refractivity contribution is 7.99. The first-order chi connectivity index (χ1) is 10.0. The Bertz CT molecular complexity index is 629. The van der Waals surface area contributed by atoms with E-state index in [2.05, 4.69) is 5.32 Å². The lowest BCUT2D eigenvalue weighted by molar-refractivity contribution is -0.113. The fourth-order valence-corrected chi connectivity index (χ4v) is 2.80. The molecule has 5 heteroatoms. The maximum Gasteiger partial charge on any atom is 0.234 e. The Morgan fingerprint density at radius 3 is 2.52 bits per heavy atom. The molecule has 0 atom stereocenters. The first-order valence-electron chi connectivity index (χ1n) is 6.43. The normalized spacial score (nSPS) is 10.4. The molecule has 2 aromatic rings. The van der Waals surface area contributed by atoms with Gasteiger partial charge in [-0.3, -0.25) is 4.79 Å². The van der Waals surface area contributed by atoms with Crippen LogP contribution < -0.4 is 5.32 Å². The van der Waals surface area contributed by atoms with Gasteiger partial charge in [-0.25, -0.2) is 0 Å². The Morgan fingerprint density at radius 1 is 1.14 bits per heavy atom. The van der Waals surface area contributed by atoms with Crippen molar-refractivity contribution >= 4 is 46.6 Å². The number of carbonyl (C=O) groups excluding carboxylic acids is 1. The van der Waals surface area contributed by atoms with Gasteiger partial charge in [0.2, 0.25) is 5.91 Å². The molecule has 0 saturated carbocycles. The van der Waals surface area contributed by atoms with Crippen LogP contribution in [0, 0.1) is 6.92 Å². The average Bonchev–Trinajstić information content (AvgIpc) is 2.45. The van der Waals surface area contributed by atoms with E-state index in [1.807, 2.05) is 43.3 Å². The summed E-state index contributed by atoms with van der Waals surface area (Å²) in [4.78, 5) is 11.9. The zero-order valence-electron chi connectivity index (χ0n) is 11.5. The molecule has 0 unspecified atom stereocenters. The van der Waals surface area contributed by atoms with Gasteiger partial charge in [0, 0.05) is 21.5 Å². The summed E-state index contributed by atoms with van der Waals surface area (Å²) in [6.45, 7) is 1.93. The minimum absolute atomic E-state index is 0.0334. The highest BCUT2D eigenvalue weighted by atomic mass is 35.5. The molecule has 0 radical (unpaired) electrons. The molecular weight excluding hydrogens is 325 g/mol. The molecule has 2 aromatic carbocycles. The van der Waals surface area contributed by atoms with E-state index in [1.165, 1.54) is 0 Å². The lowest BCUT2D eigenvalue weighted by Crippen LogP contribution is -2.14. The highest BCUT2D eigenvalue weighted by Gasteiger charge is 2.04. The van der Waals surface area contributed by atoms with Crippen molar-refractivity contribution in [2.75, 3.05) is 11.1 Å². The summed E-state index contributed by atoms with van der Waals surface area (Å²) in [6.07, 6.45) is 0. The number of benzene rings is 2. The lowest BCUT2D eigenvalue weighted by Gasteiger charge is -2.07. The number of nitrogens with one attached hydrogen (secondary N) is 1.